The van der Waals surface area contributed by atoms with Crippen LogP contribution in [0.3, 0.4) is 0 Å². The van der Waals surface area contributed by atoms with Crippen LogP contribution in [-0.2, 0) is 32.5 Å². The molecule has 0 atom stereocenters. The van der Waals surface area contributed by atoms with Gasteiger partial charge in [0.2, 0.25) is 0 Å². The van der Waals surface area contributed by atoms with Crippen LogP contribution in [0.1, 0.15) is 18.4 Å². The van der Waals surface area contributed by atoms with Gasteiger partial charge in [-0.25, -0.2) is 0 Å². The summed E-state index contributed by atoms with van der Waals surface area (Å²) in [7, 11) is 0. The number of ether oxygens (including phenoxy) is 1. The van der Waals surface area contributed by atoms with Gasteiger partial charge in [0.15, 0.2) is 0 Å². The first-order valence-corrected chi connectivity index (χ1v) is 11.5. The normalized spacial score (nSPS) is 8.80. The van der Waals surface area contributed by atoms with Crippen molar-refractivity contribution in [3.05, 3.63) is 42.8 Å². The molecule has 0 bridgehead atoms. The quantitative estimate of drug-likeness (QED) is 0.483. The molecule has 0 aromatic heterocycles. The molecule has 2 nitrogen and oxygen atoms in total. The molecule has 0 heterocycles. The summed E-state index contributed by atoms with van der Waals surface area (Å²) in [6, 6.07) is 9.63. The van der Waals surface area contributed by atoms with Crippen molar-refractivity contribution in [2.45, 2.75) is 19.4 Å². The van der Waals surface area contributed by atoms with Crippen molar-refractivity contribution in [1.82, 2.24) is 0 Å². The van der Waals surface area contributed by atoms with E-state index in [4.69, 9.17) is 4.74 Å². The van der Waals surface area contributed by atoms with Crippen molar-refractivity contribution >= 4 is 19.6 Å². The third kappa shape index (κ3) is 7.69. The zero-order chi connectivity index (χ0) is 11.5. The molecule has 0 aliphatic rings. The Morgan fingerprint density at radius 3 is 2.47 bits per heavy atom. The number of hydrogen-bond acceptors (Lipinski definition) is 2. The van der Waals surface area contributed by atoms with E-state index in [2.05, 4.69) is 20.5 Å². The first-order valence-electron chi connectivity index (χ1n) is 4.58. The Kier molecular flexibility index (Phi) is 10.2. The van der Waals surface area contributed by atoms with Crippen LogP contribution in [0.15, 0.2) is 30.3 Å². The van der Waals surface area contributed by atoms with Gasteiger partial charge in [0, 0.05) is 6.42 Å². The summed E-state index contributed by atoms with van der Waals surface area (Å²) in [5.74, 6) is -0.182. The van der Waals surface area contributed by atoms with Crippen LogP contribution in [0, 0.1) is 6.92 Å². The molecule has 78 valence electrons. The van der Waals surface area contributed by atoms with Crippen molar-refractivity contribution in [3.8, 4) is 0 Å². The van der Waals surface area contributed by atoms with Gasteiger partial charge >= 0.3 is 35.9 Å². The fourth-order valence-electron chi connectivity index (χ4n) is 0.955. The number of benzene rings is 1. The molecule has 1 aromatic rings. The second kappa shape index (κ2) is 10.3. The standard InChI is InChI=1S/C11H13O2.BrH.Zn/c1-2-6-11(12)13-9-10-7-4-3-5-8-10;;/h3-5,7-8H,1-2,6,9H2;1H;/q-1;;+2/p-1. The van der Waals surface area contributed by atoms with Crippen molar-refractivity contribution in [3.63, 3.8) is 0 Å². The second-order valence-corrected chi connectivity index (χ2v) is 2.75. The Balaban J connectivity index is 0.000000921. The minimum absolute atomic E-state index is 0.182. The molecule has 1 rings (SSSR count). The van der Waals surface area contributed by atoms with Crippen molar-refractivity contribution in [1.29, 1.82) is 0 Å². The predicted molar refractivity (Wildman–Crippen MR) is 59.8 cm³/mol. The molecule has 0 amide bonds. The molecule has 0 saturated heterocycles. The number of halogens is 1. The van der Waals surface area contributed by atoms with Crippen LogP contribution in [0.4, 0.5) is 0 Å². The van der Waals surface area contributed by atoms with Gasteiger partial charge in [0.1, 0.15) is 6.61 Å². The van der Waals surface area contributed by atoms with E-state index in [1.165, 1.54) is 16.3 Å². The van der Waals surface area contributed by atoms with E-state index in [9.17, 15) is 4.79 Å². The summed E-state index contributed by atoms with van der Waals surface area (Å²) in [6.45, 7) is 3.94. The second-order valence-electron chi connectivity index (χ2n) is 2.75. The third-order valence-electron chi connectivity index (χ3n) is 1.62. The van der Waals surface area contributed by atoms with Gasteiger partial charge in [0.25, 0.3) is 0 Å². The Hall–Kier alpha value is -0.207. The molecule has 0 fully saturated rings. The fourth-order valence-corrected chi connectivity index (χ4v) is 0.955. The fraction of sp³-hybridized carbons (Fsp3) is 0.273. The van der Waals surface area contributed by atoms with Crippen molar-refractivity contribution < 1.29 is 25.9 Å². The zero-order valence-corrected chi connectivity index (χ0v) is 13.2. The maximum atomic E-state index is 11.0. The Morgan fingerprint density at radius 2 is 1.93 bits per heavy atom. The van der Waals surface area contributed by atoms with Crippen LogP contribution in [0.25, 0.3) is 0 Å². The average molecular weight is 323 g/mol. The average Bonchev–Trinajstić information content (AvgIpc) is 2.31. The predicted octanol–water partition coefficient (Wildman–Crippen LogP) is 3.19. The van der Waals surface area contributed by atoms with E-state index in [0.717, 1.165) is 5.56 Å². The van der Waals surface area contributed by atoms with Gasteiger partial charge in [-0.2, -0.15) is 6.42 Å². The van der Waals surface area contributed by atoms with Gasteiger partial charge in [-0.05, 0) is 5.56 Å². The SMILES string of the molecule is [CH2-]CCC(=O)OCc1ccccc1.[Zn+][Br]. The molecule has 4 heteroatoms. The summed E-state index contributed by atoms with van der Waals surface area (Å²) in [6.07, 6.45) is 0.987. The minimum atomic E-state index is -0.182. The molecule has 15 heavy (non-hydrogen) atoms. The van der Waals surface area contributed by atoms with E-state index in [0.29, 0.717) is 19.4 Å². The molecule has 0 radical (unpaired) electrons. The van der Waals surface area contributed by atoms with Crippen LogP contribution in [0.2, 0.25) is 0 Å². The van der Waals surface area contributed by atoms with Gasteiger partial charge in [0.05, 0.1) is 0 Å². The molecule has 0 saturated carbocycles. The maximum absolute atomic E-state index is 11.0. The Labute approximate surface area is 107 Å². The van der Waals surface area contributed by atoms with Gasteiger partial charge < -0.3 is 11.7 Å². The topological polar surface area (TPSA) is 26.3 Å². The van der Waals surface area contributed by atoms with Gasteiger partial charge in [-0.1, -0.05) is 30.3 Å². The Morgan fingerprint density at radius 1 is 1.33 bits per heavy atom. The number of hydrogen-bond donors (Lipinski definition) is 0. The van der Waals surface area contributed by atoms with Crippen LogP contribution < -0.4 is 0 Å². The molecule has 0 aliphatic carbocycles. The number of rotatable bonds is 4. The van der Waals surface area contributed by atoms with E-state index in [-0.39, 0.29) is 5.97 Å². The molecule has 0 unspecified atom stereocenters. The van der Waals surface area contributed by atoms with Crippen LogP contribution in [-0.4, -0.2) is 5.97 Å². The summed E-state index contributed by atoms with van der Waals surface area (Å²) < 4.78 is 4.99. The molecular formula is C11H13BrO2Zn. The molecular weight excluding hydrogens is 309 g/mol. The number of esters is 1. The van der Waals surface area contributed by atoms with Crippen LogP contribution >= 0.6 is 13.6 Å². The number of carbonyl (C=O) groups is 1. The first-order chi connectivity index (χ1) is 7.33. The van der Waals surface area contributed by atoms with Crippen molar-refractivity contribution in [2.24, 2.45) is 0 Å². The summed E-state index contributed by atoms with van der Waals surface area (Å²) in [4.78, 5) is 11.0. The molecule has 0 N–H and O–H groups in total. The Bertz CT molecular complexity index is 265. The third-order valence-corrected chi connectivity index (χ3v) is 1.62. The zero-order valence-electron chi connectivity index (χ0n) is 8.62. The molecule has 1 aromatic carbocycles. The first kappa shape index (κ1) is 14.8. The summed E-state index contributed by atoms with van der Waals surface area (Å²) in [5, 5.41) is 0. The summed E-state index contributed by atoms with van der Waals surface area (Å²) >= 11 is 4.25. The van der Waals surface area contributed by atoms with E-state index < -0.39 is 0 Å². The van der Waals surface area contributed by atoms with Gasteiger partial charge in [-0.15, -0.1) is 0 Å². The van der Waals surface area contributed by atoms with E-state index in [1.807, 2.05) is 30.3 Å². The van der Waals surface area contributed by atoms with E-state index in [1.54, 1.807) is 0 Å². The molecule has 0 aliphatic heterocycles. The number of carbonyl (C=O) groups excluding carboxylic acids is 1. The van der Waals surface area contributed by atoms with Gasteiger partial charge in [-0.3, -0.25) is 4.79 Å². The van der Waals surface area contributed by atoms with E-state index >= 15 is 0 Å². The van der Waals surface area contributed by atoms with Crippen LogP contribution in [0.5, 0.6) is 0 Å². The molecule has 0 spiro atoms. The van der Waals surface area contributed by atoms with Crippen molar-refractivity contribution in [2.75, 3.05) is 0 Å². The monoisotopic (exact) mass is 320 g/mol. The summed E-state index contributed by atoms with van der Waals surface area (Å²) in [5.41, 5.74) is 1.01.